The van der Waals surface area contributed by atoms with Crippen LogP contribution in [0.25, 0.3) is 17.1 Å². The summed E-state index contributed by atoms with van der Waals surface area (Å²) in [5.74, 6) is 0. The summed E-state index contributed by atoms with van der Waals surface area (Å²) in [4.78, 5) is 7.49. The molecule has 0 amide bonds. The molecule has 2 N–H and O–H groups in total. The van der Waals surface area contributed by atoms with Gasteiger partial charge >= 0.3 is 0 Å². The molecule has 1 fully saturated rings. The topological polar surface area (TPSA) is 40.7 Å². The summed E-state index contributed by atoms with van der Waals surface area (Å²) in [7, 11) is 0. The minimum atomic E-state index is 0.767. The van der Waals surface area contributed by atoms with Gasteiger partial charge < -0.3 is 10.3 Å². The number of aromatic amines is 1. The van der Waals surface area contributed by atoms with Crippen LogP contribution in [0.1, 0.15) is 25.3 Å². The molecule has 88 valence electrons. The maximum atomic E-state index is 4.29. The molecule has 2 aromatic rings. The lowest BCUT2D eigenvalue weighted by atomic mass is 10.1. The van der Waals surface area contributed by atoms with Crippen LogP contribution in [-0.2, 0) is 0 Å². The van der Waals surface area contributed by atoms with E-state index in [4.69, 9.17) is 0 Å². The second kappa shape index (κ2) is 4.34. The molecule has 0 bridgehead atoms. The Morgan fingerprint density at radius 3 is 3.29 bits per heavy atom. The number of hydrogen-bond donors (Lipinski definition) is 2. The van der Waals surface area contributed by atoms with Crippen molar-refractivity contribution in [3.63, 3.8) is 0 Å². The lowest BCUT2D eigenvalue weighted by Gasteiger charge is -2.02. The molecule has 3 heteroatoms. The van der Waals surface area contributed by atoms with Gasteiger partial charge in [0.25, 0.3) is 0 Å². The molecule has 0 aliphatic heterocycles. The van der Waals surface area contributed by atoms with E-state index in [1.54, 1.807) is 0 Å². The summed E-state index contributed by atoms with van der Waals surface area (Å²) in [5.41, 5.74) is 3.55. The van der Waals surface area contributed by atoms with Crippen LogP contribution >= 0.6 is 0 Å². The fourth-order valence-electron chi connectivity index (χ4n) is 2.01. The lowest BCUT2D eigenvalue weighted by molar-refractivity contribution is 0.736. The third-order valence-electron chi connectivity index (χ3n) is 3.13. The molecular formula is C14H17N3. The van der Waals surface area contributed by atoms with Crippen LogP contribution in [0.3, 0.4) is 0 Å². The molecule has 3 nitrogen and oxygen atoms in total. The van der Waals surface area contributed by atoms with Crippen LogP contribution < -0.4 is 5.32 Å². The van der Waals surface area contributed by atoms with Gasteiger partial charge in [-0.05, 0) is 31.9 Å². The van der Waals surface area contributed by atoms with Gasteiger partial charge in [0.05, 0.1) is 0 Å². The molecule has 1 saturated carbocycles. The van der Waals surface area contributed by atoms with Gasteiger partial charge in [0.15, 0.2) is 0 Å². The normalized spacial score (nSPS) is 16.6. The first-order chi connectivity index (χ1) is 8.33. The van der Waals surface area contributed by atoms with E-state index < -0.39 is 0 Å². The van der Waals surface area contributed by atoms with E-state index in [9.17, 15) is 0 Å². The van der Waals surface area contributed by atoms with Crippen LogP contribution in [0, 0.1) is 0 Å². The summed E-state index contributed by atoms with van der Waals surface area (Å²) in [6.07, 6.45) is 8.75. The third kappa shape index (κ3) is 2.39. The molecular weight excluding hydrogens is 210 g/mol. The Balaban J connectivity index is 1.80. The maximum Gasteiger partial charge on any atom is 0.137 e. The minimum absolute atomic E-state index is 0.767. The van der Waals surface area contributed by atoms with Crippen molar-refractivity contribution in [1.82, 2.24) is 15.3 Å². The second-order valence-corrected chi connectivity index (χ2v) is 4.79. The molecule has 0 aromatic carbocycles. The molecule has 2 aromatic heterocycles. The van der Waals surface area contributed by atoms with E-state index in [-0.39, 0.29) is 0 Å². The summed E-state index contributed by atoms with van der Waals surface area (Å²) in [6.45, 7) is 3.15. The first-order valence-electron chi connectivity index (χ1n) is 6.15. The van der Waals surface area contributed by atoms with Gasteiger partial charge in [0, 0.05) is 35.9 Å². The predicted octanol–water partition coefficient (Wildman–Crippen LogP) is 2.72. The standard InChI is InChI=1S/C14H17N3/c1-10(8-16-12-4-5-12)7-11-9-17-14-13(11)3-2-6-15-14/h2-3,6-7,9,12,16H,4-5,8H2,1H3,(H,15,17). The average Bonchev–Trinajstić information content (AvgIpc) is 3.10. The SMILES string of the molecule is CC(=Cc1c[nH]c2ncccc12)CNC1CC1. The van der Waals surface area contributed by atoms with Crippen LogP contribution in [-0.4, -0.2) is 22.6 Å². The summed E-state index contributed by atoms with van der Waals surface area (Å²) >= 11 is 0. The fourth-order valence-corrected chi connectivity index (χ4v) is 2.01. The molecule has 0 spiro atoms. The van der Waals surface area contributed by atoms with Crippen molar-refractivity contribution in [2.75, 3.05) is 6.54 Å². The van der Waals surface area contributed by atoms with Crippen molar-refractivity contribution >= 4 is 17.1 Å². The first-order valence-corrected chi connectivity index (χ1v) is 6.15. The van der Waals surface area contributed by atoms with Gasteiger partial charge in [-0.2, -0.15) is 0 Å². The number of fused-ring (bicyclic) bond motifs is 1. The van der Waals surface area contributed by atoms with Gasteiger partial charge in [-0.3, -0.25) is 0 Å². The van der Waals surface area contributed by atoms with Crippen molar-refractivity contribution in [1.29, 1.82) is 0 Å². The molecule has 3 rings (SSSR count). The molecule has 0 unspecified atom stereocenters. The maximum absolute atomic E-state index is 4.29. The second-order valence-electron chi connectivity index (χ2n) is 4.79. The fraction of sp³-hybridized carbons (Fsp3) is 0.357. The quantitative estimate of drug-likeness (QED) is 0.843. The first kappa shape index (κ1) is 10.5. The highest BCUT2D eigenvalue weighted by Gasteiger charge is 2.19. The summed E-state index contributed by atoms with van der Waals surface area (Å²) in [5, 5.41) is 4.72. The summed E-state index contributed by atoms with van der Waals surface area (Å²) in [6, 6.07) is 4.85. The zero-order valence-electron chi connectivity index (χ0n) is 10.0. The number of H-pyrrole nitrogens is 1. The summed E-state index contributed by atoms with van der Waals surface area (Å²) < 4.78 is 0. The molecule has 17 heavy (non-hydrogen) atoms. The zero-order chi connectivity index (χ0) is 11.7. The monoisotopic (exact) mass is 227 g/mol. The largest absolute Gasteiger partial charge is 0.346 e. The van der Waals surface area contributed by atoms with Crippen molar-refractivity contribution < 1.29 is 0 Å². The van der Waals surface area contributed by atoms with E-state index in [1.165, 1.54) is 29.4 Å². The van der Waals surface area contributed by atoms with Gasteiger partial charge in [-0.15, -0.1) is 0 Å². The average molecular weight is 227 g/mol. The molecule has 0 radical (unpaired) electrons. The van der Waals surface area contributed by atoms with Crippen LogP contribution in [0.15, 0.2) is 30.1 Å². The minimum Gasteiger partial charge on any atom is -0.346 e. The van der Waals surface area contributed by atoms with Crippen LogP contribution in [0.5, 0.6) is 0 Å². The molecule has 0 atom stereocenters. The highest BCUT2D eigenvalue weighted by atomic mass is 14.9. The van der Waals surface area contributed by atoms with Crippen molar-refractivity contribution in [3.05, 3.63) is 35.7 Å². The number of hydrogen-bond acceptors (Lipinski definition) is 2. The zero-order valence-corrected chi connectivity index (χ0v) is 10.0. The van der Waals surface area contributed by atoms with E-state index in [0.29, 0.717) is 0 Å². The van der Waals surface area contributed by atoms with Crippen molar-refractivity contribution in [2.24, 2.45) is 0 Å². The van der Waals surface area contributed by atoms with Gasteiger partial charge in [0.1, 0.15) is 5.65 Å². The Morgan fingerprint density at radius 2 is 2.47 bits per heavy atom. The van der Waals surface area contributed by atoms with Crippen molar-refractivity contribution in [3.8, 4) is 0 Å². The molecule has 1 aliphatic rings. The van der Waals surface area contributed by atoms with Crippen molar-refractivity contribution in [2.45, 2.75) is 25.8 Å². The number of rotatable bonds is 4. The highest BCUT2D eigenvalue weighted by molar-refractivity contribution is 5.86. The van der Waals surface area contributed by atoms with Gasteiger partial charge in [-0.1, -0.05) is 11.6 Å². The Kier molecular flexibility index (Phi) is 2.69. The van der Waals surface area contributed by atoms with Gasteiger partial charge in [0.2, 0.25) is 0 Å². The Bertz CT molecular complexity index is 549. The van der Waals surface area contributed by atoms with E-state index >= 15 is 0 Å². The third-order valence-corrected chi connectivity index (χ3v) is 3.13. The Labute approximate surface area is 101 Å². The van der Waals surface area contributed by atoms with E-state index in [1.807, 2.05) is 18.5 Å². The number of nitrogens with one attached hydrogen (secondary N) is 2. The molecule has 0 saturated heterocycles. The highest BCUT2D eigenvalue weighted by Crippen LogP contribution is 2.20. The smallest absolute Gasteiger partial charge is 0.137 e. The Hall–Kier alpha value is -1.61. The van der Waals surface area contributed by atoms with Crippen LogP contribution in [0.2, 0.25) is 0 Å². The number of pyridine rings is 1. The van der Waals surface area contributed by atoms with E-state index in [0.717, 1.165) is 18.2 Å². The van der Waals surface area contributed by atoms with Gasteiger partial charge in [-0.25, -0.2) is 4.98 Å². The predicted molar refractivity (Wildman–Crippen MR) is 70.8 cm³/mol. The van der Waals surface area contributed by atoms with E-state index in [2.05, 4.69) is 34.4 Å². The molecule has 2 heterocycles. The number of nitrogens with zero attached hydrogens (tertiary/aromatic N) is 1. The Morgan fingerprint density at radius 1 is 1.59 bits per heavy atom. The number of aromatic nitrogens is 2. The van der Waals surface area contributed by atoms with Crippen LogP contribution in [0.4, 0.5) is 0 Å². The lowest BCUT2D eigenvalue weighted by Crippen LogP contribution is -2.18. The molecule has 1 aliphatic carbocycles.